The third-order valence-electron chi connectivity index (χ3n) is 2.81. The summed E-state index contributed by atoms with van der Waals surface area (Å²) in [6.45, 7) is 5.25. The largest absolute Gasteiger partial charge is 0.345 e. The second-order valence-electron chi connectivity index (χ2n) is 3.79. The van der Waals surface area contributed by atoms with Crippen molar-refractivity contribution in [2.24, 2.45) is 0 Å². The smallest absolute Gasteiger partial charge is 0.124 e. The summed E-state index contributed by atoms with van der Waals surface area (Å²) >= 11 is 0. The van der Waals surface area contributed by atoms with Gasteiger partial charge in [-0.1, -0.05) is 6.07 Å². The normalized spacial score (nSPS) is 10.8. The molecule has 0 amide bonds. The molecule has 0 saturated carbocycles. The fourth-order valence-corrected chi connectivity index (χ4v) is 2.10. The minimum atomic E-state index is 0.506. The summed E-state index contributed by atoms with van der Waals surface area (Å²) in [6, 6.07) is 8.41. The van der Waals surface area contributed by atoms with E-state index < -0.39 is 0 Å². The summed E-state index contributed by atoms with van der Waals surface area (Å²) in [4.78, 5) is 10.4. The van der Waals surface area contributed by atoms with E-state index >= 15 is 0 Å². The number of rotatable bonds is 3. The molecule has 0 aliphatic carbocycles. The van der Waals surface area contributed by atoms with Gasteiger partial charge >= 0.3 is 0 Å². The SMILES string of the molecule is CCn1c(C)cc2cc(CC=O)ccc21. The third-order valence-corrected chi connectivity index (χ3v) is 2.81. The predicted octanol–water partition coefficient (Wildman–Crippen LogP) is 2.71. The summed E-state index contributed by atoms with van der Waals surface area (Å²) in [5.41, 5.74) is 3.62. The number of carbonyl (C=O) groups is 1. The number of hydrogen-bond acceptors (Lipinski definition) is 1. The molecule has 0 spiro atoms. The maximum atomic E-state index is 10.4. The molecule has 78 valence electrons. The molecule has 2 nitrogen and oxygen atoms in total. The van der Waals surface area contributed by atoms with Gasteiger partial charge in [-0.25, -0.2) is 0 Å². The predicted molar refractivity (Wildman–Crippen MR) is 62.1 cm³/mol. The van der Waals surface area contributed by atoms with Crippen molar-refractivity contribution in [1.29, 1.82) is 0 Å². The second-order valence-corrected chi connectivity index (χ2v) is 3.79. The number of benzene rings is 1. The average Bonchev–Trinajstić information content (AvgIpc) is 2.53. The first-order chi connectivity index (χ1) is 7.26. The molecule has 0 aliphatic heterocycles. The zero-order valence-corrected chi connectivity index (χ0v) is 9.16. The number of aldehydes is 1. The standard InChI is InChI=1S/C13H15NO/c1-3-14-10(2)8-12-9-11(6-7-15)4-5-13(12)14/h4-5,7-9H,3,6H2,1-2H3. The Morgan fingerprint density at radius 3 is 2.80 bits per heavy atom. The van der Waals surface area contributed by atoms with Crippen LogP contribution in [0.4, 0.5) is 0 Å². The zero-order chi connectivity index (χ0) is 10.8. The molecule has 0 bridgehead atoms. The van der Waals surface area contributed by atoms with Crippen LogP contribution in [-0.4, -0.2) is 10.9 Å². The topological polar surface area (TPSA) is 22.0 Å². The number of nitrogens with zero attached hydrogens (tertiary/aromatic N) is 1. The second kappa shape index (κ2) is 3.89. The van der Waals surface area contributed by atoms with Crippen molar-refractivity contribution in [3.8, 4) is 0 Å². The van der Waals surface area contributed by atoms with E-state index in [-0.39, 0.29) is 0 Å². The molecule has 0 saturated heterocycles. The summed E-state index contributed by atoms with van der Waals surface area (Å²) in [5.74, 6) is 0. The van der Waals surface area contributed by atoms with Gasteiger partial charge in [0.05, 0.1) is 0 Å². The molecule has 0 radical (unpaired) electrons. The molecule has 2 aromatic rings. The number of fused-ring (bicyclic) bond motifs is 1. The van der Waals surface area contributed by atoms with Crippen LogP contribution in [0.5, 0.6) is 0 Å². The molecule has 0 atom stereocenters. The van der Waals surface area contributed by atoms with Crippen LogP contribution in [0.1, 0.15) is 18.2 Å². The van der Waals surface area contributed by atoms with E-state index in [0.29, 0.717) is 6.42 Å². The molecule has 1 aromatic carbocycles. The minimum absolute atomic E-state index is 0.506. The molecular formula is C13H15NO. The van der Waals surface area contributed by atoms with Crippen LogP contribution in [0, 0.1) is 6.92 Å². The van der Waals surface area contributed by atoms with E-state index in [9.17, 15) is 4.79 Å². The lowest BCUT2D eigenvalue weighted by atomic mass is 10.1. The third kappa shape index (κ3) is 1.67. The van der Waals surface area contributed by atoms with Crippen LogP contribution in [0.15, 0.2) is 24.3 Å². The fourth-order valence-electron chi connectivity index (χ4n) is 2.10. The lowest BCUT2D eigenvalue weighted by Crippen LogP contribution is -1.95. The highest BCUT2D eigenvalue weighted by Crippen LogP contribution is 2.20. The fraction of sp³-hybridized carbons (Fsp3) is 0.308. The Labute approximate surface area is 89.5 Å². The molecule has 2 heteroatoms. The summed E-state index contributed by atoms with van der Waals surface area (Å²) in [6.07, 6.45) is 1.46. The average molecular weight is 201 g/mol. The summed E-state index contributed by atoms with van der Waals surface area (Å²) in [5, 5.41) is 1.23. The lowest BCUT2D eigenvalue weighted by molar-refractivity contribution is -0.107. The van der Waals surface area contributed by atoms with E-state index in [1.54, 1.807) is 0 Å². The highest BCUT2D eigenvalue weighted by atomic mass is 16.1. The molecule has 1 aromatic heterocycles. The van der Waals surface area contributed by atoms with E-state index in [0.717, 1.165) is 18.4 Å². The van der Waals surface area contributed by atoms with Crippen molar-refractivity contribution < 1.29 is 4.79 Å². The molecule has 0 aliphatic rings. The van der Waals surface area contributed by atoms with Crippen LogP contribution in [0.3, 0.4) is 0 Å². The van der Waals surface area contributed by atoms with E-state index in [1.165, 1.54) is 16.6 Å². The van der Waals surface area contributed by atoms with E-state index in [1.807, 2.05) is 6.07 Å². The van der Waals surface area contributed by atoms with Crippen molar-refractivity contribution in [2.75, 3.05) is 0 Å². The van der Waals surface area contributed by atoms with Crippen LogP contribution < -0.4 is 0 Å². The van der Waals surface area contributed by atoms with Gasteiger partial charge in [0, 0.05) is 29.6 Å². The molecule has 1 heterocycles. The maximum Gasteiger partial charge on any atom is 0.124 e. The Morgan fingerprint density at radius 2 is 2.13 bits per heavy atom. The number of aryl methyl sites for hydroxylation is 2. The zero-order valence-electron chi connectivity index (χ0n) is 9.16. The van der Waals surface area contributed by atoms with Gasteiger partial charge in [-0.05, 0) is 37.6 Å². The molecule has 0 unspecified atom stereocenters. The Kier molecular flexibility index (Phi) is 2.58. The Hall–Kier alpha value is -1.57. The van der Waals surface area contributed by atoms with Crippen LogP contribution in [0.25, 0.3) is 10.9 Å². The summed E-state index contributed by atoms with van der Waals surface area (Å²) in [7, 11) is 0. The first kappa shape index (κ1) is 9.97. The minimum Gasteiger partial charge on any atom is -0.345 e. The first-order valence-corrected chi connectivity index (χ1v) is 5.28. The lowest BCUT2D eigenvalue weighted by Gasteiger charge is -2.03. The Bertz CT molecular complexity index is 496. The number of hydrogen-bond donors (Lipinski definition) is 0. The monoisotopic (exact) mass is 201 g/mol. The molecule has 0 N–H and O–H groups in total. The van der Waals surface area contributed by atoms with Crippen molar-refractivity contribution in [3.05, 3.63) is 35.5 Å². The number of aromatic nitrogens is 1. The highest BCUT2D eigenvalue weighted by Gasteiger charge is 2.04. The van der Waals surface area contributed by atoms with Crippen LogP contribution >= 0.6 is 0 Å². The van der Waals surface area contributed by atoms with Crippen molar-refractivity contribution in [1.82, 2.24) is 4.57 Å². The van der Waals surface area contributed by atoms with Crippen molar-refractivity contribution in [3.63, 3.8) is 0 Å². The molecule has 15 heavy (non-hydrogen) atoms. The van der Waals surface area contributed by atoms with Crippen LogP contribution in [-0.2, 0) is 17.8 Å². The van der Waals surface area contributed by atoms with Gasteiger partial charge in [0.15, 0.2) is 0 Å². The molecule has 2 rings (SSSR count). The van der Waals surface area contributed by atoms with Gasteiger partial charge in [0.2, 0.25) is 0 Å². The van der Waals surface area contributed by atoms with E-state index in [2.05, 4.69) is 36.6 Å². The molecule has 0 fully saturated rings. The maximum absolute atomic E-state index is 10.4. The van der Waals surface area contributed by atoms with Crippen molar-refractivity contribution in [2.45, 2.75) is 26.8 Å². The van der Waals surface area contributed by atoms with Crippen molar-refractivity contribution >= 4 is 17.2 Å². The van der Waals surface area contributed by atoms with Gasteiger partial charge in [-0.3, -0.25) is 0 Å². The van der Waals surface area contributed by atoms with Gasteiger partial charge in [0.25, 0.3) is 0 Å². The van der Waals surface area contributed by atoms with Gasteiger partial charge in [0.1, 0.15) is 6.29 Å². The van der Waals surface area contributed by atoms with Gasteiger partial charge in [-0.15, -0.1) is 0 Å². The van der Waals surface area contributed by atoms with Gasteiger partial charge in [-0.2, -0.15) is 0 Å². The number of carbonyl (C=O) groups excluding carboxylic acids is 1. The first-order valence-electron chi connectivity index (χ1n) is 5.28. The van der Waals surface area contributed by atoms with Crippen LogP contribution in [0.2, 0.25) is 0 Å². The Morgan fingerprint density at radius 1 is 1.33 bits per heavy atom. The van der Waals surface area contributed by atoms with E-state index in [4.69, 9.17) is 0 Å². The quantitative estimate of drug-likeness (QED) is 0.700. The summed E-state index contributed by atoms with van der Waals surface area (Å²) < 4.78 is 2.28. The highest BCUT2D eigenvalue weighted by molar-refractivity contribution is 5.82. The molecular weight excluding hydrogens is 186 g/mol. The Balaban J connectivity index is 2.59. The van der Waals surface area contributed by atoms with Gasteiger partial charge < -0.3 is 9.36 Å².